The molecular formula is C16H18N2O2. The first-order valence-corrected chi connectivity index (χ1v) is 6.93. The van der Waals surface area contributed by atoms with Gasteiger partial charge < -0.3 is 4.74 Å². The molecule has 20 heavy (non-hydrogen) atoms. The number of hydrogen-bond donors (Lipinski definition) is 2. The van der Waals surface area contributed by atoms with Crippen LogP contribution in [0.15, 0.2) is 42.5 Å². The van der Waals surface area contributed by atoms with Crippen LogP contribution in [0, 0.1) is 5.92 Å². The van der Waals surface area contributed by atoms with Crippen LogP contribution in [0.2, 0.25) is 0 Å². The third-order valence-electron chi connectivity index (χ3n) is 3.70. The van der Waals surface area contributed by atoms with Crippen molar-refractivity contribution < 1.29 is 9.53 Å². The van der Waals surface area contributed by atoms with E-state index in [1.54, 1.807) is 0 Å². The monoisotopic (exact) mass is 270 g/mol. The molecule has 1 aliphatic heterocycles. The predicted molar refractivity (Wildman–Crippen MR) is 78.0 cm³/mol. The number of carbonyl (C=O) groups excluding carboxylic acids is 1. The number of fused-ring (bicyclic) bond motifs is 1. The number of ether oxygens (including phenoxy) is 1. The second kappa shape index (κ2) is 5.61. The van der Waals surface area contributed by atoms with E-state index in [2.05, 4.69) is 41.2 Å². The van der Waals surface area contributed by atoms with Crippen LogP contribution in [0.25, 0.3) is 10.8 Å². The largest absolute Gasteiger partial charge is 0.466 e. The highest BCUT2D eigenvalue weighted by molar-refractivity contribution is 5.83. The van der Waals surface area contributed by atoms with Crippen molar-refractivity contribution in [1.82, 2.24) is 10.9 Å². The molecule has 3 rings (SSSR count). The lowest BCUT2D eigenvalue weighted by Crippen LogP contribution is -2.27. The summed E-state index contributed by atoms with van der Waals surface area (Å²) in [6.45, 7) is 2.84. The molecule has 4 nitrogen and oxygen atoms in total. The lowest BCUT2D eigenvalue weighted by molar-refractivity contribution is -0.147. The Kier molecular flexibility index (Phi) is 3.67. The molecule has 2 aromatic carbocycles. The van der Waals surface area contributed by atoms with Crippen molar-refractivity contribution in [2.45, 2.75) is 13.0 Å². The zero-order valence-corrected chi connectivity index (χ0v) is 11.4. The summed E-state index contributed by atoms with van der Waals surface area (Å²) >= 11 is 0. The number of hydrogen-bond acceptors (Lipinski definition) is 4. The first-order chi connectivity index (χ1) is 9.79. The normalized spacial score (nSPS) is 22.1. The van der Waals surface area contributed by atoms with Crippen LogP contribution < -0.4 is 10.9 Å². The topological polar surface area (TPSA) is 50.4 Å². The van der Waals surface area contributed by atoms with E-state index in [0.717, 1.165) is 5.56 Å². The summed E-state index contributed by atoms with van der Waals surface area (Å²) in [7, 11) is 0. The Morgan fingerprint density at radius 1 is 1.25 bits per heavy atom. The third kappa shape index (κ3) is 2.40. The van der Waals surface area contributed by atoms with Gasteiger partial charge in [0.15, 0.2) is 0 Å². The number of hydrazine groups is 1. The molecule has 0 radical (unpaired) electrons. The zero-order chi connectivity index (χ0) is 13.9. The standard InChI is InChI=1S/C16H18N2O2/c1-2-20-16(19)14-10-17-18-15(14)13-8-7-11-5-3-4-6-12(11)9-13/h3-9,14-15,17-18H,2,10H2,1H3. The average Bonchev–Trinajstić information content (AvgIpc) is 2.96. The van der Waals surface area contributed by atoms with E-state index >= 15 is 0 Å². The highest BCUT2D eigenvalue weighted by Gasteiger charge is 2.35. The maximum Gasteiger partial charge on any atom is 0.312 e. The summed E-state index contributed by atoms with van der Waals surface area (Å²) in [5.41, 5.74) is 7.34. The molecule has 2 aromatic rings. The molecule has 1 saturated heterocycles. The minimum atomic E-state index is -0.184. The summed E-state index contributed by atoms with van der Waals surface area (Å²) in [6.07, 6.45) is 0. The Hall–Kier alpha value is -1.91. The van der Waals surface area contributed by atoms with E-state index in [4.69, 9.17) is 4.74 Å². The van der Waals surface area contributed by atoms with Crippen molar-refractivity contribution in [3.8, 4) is 0 Å². The van der Waals surface area contributed by atoms with E-state index in [0.29, 0.717) is 13.2 Å². The molecule has 0 aliphatic carbocycles. The van der Waals surface area contributed by atoms with Crippen molar-refractivity contribution in [3.05, 3.63) is 48.0 Å². The maximum atomic E-state index is 12.0. The molecule has 0 saturated carbocycles. The van der Waals surface area contributed by atoms with E-state index in [1.165, 1.54) is 10.8 Å². The Balaban J connectivity index is 1.91. The van der Waals surface area contributed by atoms with Gasteiger partial charge in [0.1, 0.15) is 0 Å². The Morgan fingerprint density at radius 3 is 2.85 bits per heavy atom. The second-order valence-corrected chi connectivity index (χ2v) is 4.97. The summed E-state index contributed by atoms with van der Waals surface area (Å²) in [5.74, 6) is -0.334. The molecule has 2 unspecified atom stereocenters. The van der Waals surface area contributed by atoms with Crippen LogP contribution in [0.4, 0.5) is 0 Å². The van der Waals surface area contributed by atoms with Crippen LogP contribution in [0.1, 0.15) is 18.5 Å². The Morgan fingerprint density at radius 2 is 2.05 bits per heavy atom. The van der Waals surface area contributed by atoms with E-state index in [1.807, 2.05) is 19.1 Å². The lowest BCUT2D eigenvalue weighted by Gasteiger charge is -2.18. The SMILES string of the molecule is CCOC(=O)C1CNNC1c1ccc2ccccc2c1. The molecule has 1 aliphatic rings. The highest BCUT2D eigenvalue weighted by Crippen LogP contribution is 2.28. The van der Waals surface area contributed by atoms with Gasteiger partial charge in [0.05, 0.1) is 18.6 Å². The predicted octanol–water partition coefficient (Wildman–Crippen LogP) is 2.17. The maximum absolute atomic E-state index is 12.0. The van der Waals surface area contributed by atoms with Crippen molar-refractivity contribution in [1.29, 1.82) is 0 Å². The molecule has 0 bridgehead atoms. The zero-order valence-electron chi connectivity index (χ0n) is 11.4. The number of esters is 1. The van der Waals surface area contributed by atoms with Gasteiger partial charge in [-0.2, -0.15) is 0 Å². The molecule has 4 heteroatoms. The summed E-state index contributed by atoms with van der Waals surface area (Å²) < 4.78 is 5.15. The summed E-state index contributed by atoms with van der Waals surface area (Å²) in [4.78, 5) is 12.0. The summed E-state index contributed by atoms with van der Waals surface area (Å²) in [6, 6.07) is 14.5. The average molecular weight is 270 g/mol. The highest BCUT2D eigenvalue weighted by atomic mass is 16.5. The molecule has 2 N–H and O–H groups in total. The summed E-state index contributed by atoms with van der Waals surface area (Å²) in [5, 5.41) is 2.39. The molecule has 2 atom stereocenters. The number of nitrogens with one attached hydrogen (secondary N) is 2. The van der Waals surface area contributed by atoms with Gasteiger partial charge in [0.2, 0.25) is 0 Å². The number of benzene rings is 2. The van der Waals surface area contributed by atoms with Gasteiger partial charge in [0.25, 0.3) is 0 Å². The first kappa shape index (κ1) is 13.1. The van der Waals surface area contributed by atoms with Crippen molar-refractivity contribution in [2.24, 2.45) is 5.92 Å². The molecular weight excluding hydrogens is 252 g/mol. The molecule has 1 heterocycles. The van der Waals surface area contributed by atoms with Gasteiger partial charge in [-0.05, 0) is 29.3 Å². The number of carbonyl (C=O) groups is 1. The van der Waals surface area contributed by atoms with E-state index < -0.39 is 0 Å². The molecule has 0 aromatic heterocycles. The van der Waals surface area contributed by atoms with Gasteiger partial charge in [-0.1, -0.05) is 36.4 Å². The minimum Gasteiger partial charge on any atom is -0.466 e. The van der Waals surface area contributed by atoms with Crippen LogP contribution in [0.3, 0.4) is 0 Å². The van der Waals surface area contributed by atoms with Gasteiger partial charge in [-0.15, -0.1) is 0 Å². The van der Waals surface area contributed by atoms with Crippen LogP contribution in [-0.4, -0.2) is 19.1 Å². The lowest BCUT2D eigenvalue weighted by atomic mass is 9.93. The first-order valence-electron chi connectivity index (χ1n) is 6.93. The quantitative estimate of drug-likeness (QED) is 0.839. The van der Waals surface area contributed by atoms with Gasteiger partial charge in [0, 0.05) is 6.54 Å². The van der Waals surface area contributed by atoms with Gasteiger partial charge in [-0.25, -0.2) is 5.43 Å². The Labute approximate surface area is 118 Å². The van der Waals surface area contributed by atoms with Crippen LogP contribution >= 0.6 is 0 Å². The third-order valence-corrected chi connectivity index (χ3v) is 3.70. The fourth-order valence-electron chi connectivity index (χ4n) is 2.68. The smallest absolute Gasteiger partial charge is 0.312 e. The van der Waals surface area contributed by atoms with Gasteiger partial charge in [-0.3, -0.25) is 10.2 Å². The molecule has 0 spiro atoms. The minimum absolute atomic E-state index is 0.0429. The molecule has 1 fully saturated rings. The Bertz CT molecular complexity index is 627. The van der Waals surface area contributed by atoms with E-state index in [-0.39, 0.29) is 17.9 Å². The van der Waals surface area contributed by atoms with E-state index in [9.17, 15) is 4.79 Å². The number of rotatable bonds is 3. The second-order valence-electron chi connectivity index (χ2n) is 4.97. The fraction of sp³-hybridized carbons (Fsp3) is 0.312. The van der Waals surface area contributed by atoms with Crippen molar-refractivity contribution in [2.75, 3.05) is 13.2 Å². The van der Waals surface area contributed by atoms with Crippen LogP contribution in [0.5, 0.6) is 0 Å². The molecule has 104 valence electrons. The van der Waals surface area contributed by atoms with Gasteiger partial charge >= 0.3 is 5.97 Å². The van der Waals surface area contributed by atoms with Crippen molar-refractivity contribution in [3.63, 3.8) is 0 Å². The van der Waals surface area contributed by atoms with Crippen LogP contribution in [-0.2, 0) is 9.53 Å². The van der Waals surface area contributed by atoms with Crippen molar-refractivity contribution >= 4 is 16.7 Å². The molecule has 0 amide bonds. The fourth-order valence-corrected chi connectivity index (χ4v) is 2.68.